The van der Waals surface area contributed by atoms with E-state index >= 15 is 0 Å². The van der Waals surface area contributed by atoms with Gasteiger partial charge in [0.15, 0.2) is 10.9 Å². The third-order valence-corrected chi connectivity index (χ3v) is 5.71. The maximum Gasteiger partial charge on any atom is 0.173 e. The van der Waals surface area contributed by atoms with Crippen LogP contribution in [0.4, 0.5) is 5.69 Å². The van der Waals surface area contributed by atoms with Gasteiger partial charge in [0.1, 0.15) is 5.76 Å². The number of nitrogens with zero attached hydrogens (tertiary/aromatic N) is 3. The van der Waals surface area contributed by atoms with E-state index in [0.29, 0.717) is 25.0 Å². The highest BCUT2D eigenvalue weighted by atomic mass is 32.1. The minimum absolute atomic E-state index is 0.0180. The van der Waals surface area contributed by atoms with Gasteiger partial charge in [-0.25, -0.2) is 0 Å². The zero-order valence-electron chi connectivity index (χ0n) is 17.2. The molecule has 7 heteroatoms. The number of piperazine rings is 1. The number of hydrogen-bond acceptors (Lipinski definition) is 5. The van der Waals surface area contributed by atoms with Gasteiger partial charge in [0.25, 0.3) is 0 Å². The second kappa shape index (κ2) is 9.50. The van der Waals surface area contributed by atoms with Gasteiger partial charge < -0.3 is 15.3 Å². The van der Waals surface area contributed by atoms with Crippen molar-refractivity contribution in [3.05, 3.63) is 41.7 Å². The van der Waals surface area contributed by atoms with Gasteiger partial charge in [0.2, 0.25) is 0 Å². The summed E-state index contributed by atoms with van der Waals surface area (Å²) in [7, 11) is 0. The Labute approximate surface area is 178 Å². The third-order valence-electron chi connectivity index (χ3n) is 5.35. The van der Waals surface area contributed by atoms with E-state index in [9.17, 15) is 9.90 Å². The number of allylic oxidation sites excluding steroid dienone is 2. The molecule has 1 heterocycles. The number of ketones is 1. The molecule has 0 radical (unpaired) electrons. The van der Waals surface area contributed by atoms with E-state index in [4.69, 9.17) is 12.2 Å². The van der Waals surface area contributed by atoms with Crippen LogP contribution in [0.25, 0.3) is 0 Å². The van der Waals surface area contributed by atoms with Crippen LogP contribution < -0.4 is 5.32 Å². The van der Waals surface area contributed by atoms with Crippen molar-refractivity contribution in [2.45, 2.75) is 26.7 Å². The van der Waals surface area contributed by atoms with Crippen LogP contribution in [-0.4, -0.2) is 71.3 Å². The van der Waals surface area contributed by atoms with Gasteiger partial charge in [-0.1, -0.05) is 32.0 Å². The molecule has 0 spiro atoms. The van der Waals surface area contributed by atoms with E-state index in [0.717, 1.165) is 43.5 Å². The minimum atomic E-state index is -0.172. The quantitative estimate of drug-likeness (QED) is 0.569. The van der Waals surface area contributed by atoms with Crippen molar-refractivity contribution in [1.82, 2.24) is 9.80 Å². The number of carbonyl (C=O) groups is 1. The second-order valence-corrected chi connectivity index (χ2v) is 8.85. The number of hydrogen-bond donors (Lipinski definition) is 2. The average molecular weight is 415 g/mol. The molecular formula is C22H30N4O2S. The highest BCUT2D eigenvalue weighted by Gasteiger charge is 2.32. The Balaban J connectivity index is 1.41. The average Bonchev–Trinajstić information content (AvgIpc) is 2.67. The number of aliphatic imine (C=N–C) groups is 1. The molecule has 1 fully saturated rings. The van der Waals surface area contributed by atoms with Gasteiger partial charge in [0, 0.05) is 57.5 Å². The molecule has 0 aromatic heterocycles. The molecule has 0 atom stereocenters. The molecule has 0 bridgehead atoms. The van der Waals surface area contributed by atoms with Crippen LogP contribution in [0.2, 0.25) is 0 Å². The fraction of sp³-hybridized carbons (Fsp3) is 0.500. The van der Waals surface area contributed by atoms with Gasteiger partial charge in [-0.15, -0.1) is 0 Å². The third kappa shape index (κ3) is 6.11. The Morgan fingerprint density at radius 3 is 2.55 bits per heavy atom. The zero-order chi connectivity index (χ0) is 20.9. The van der Waals surface area contributed by atoms with E-state index in [1.807, 2.05) is 44.2 Å². The van der Waals surface area contributed by atoms with Gasteiger partial charge in [0.05, 0.1) is 12.1 Å². The lowest BCUT2D eigenvalue weighted by atomic mass is 9.77. The van der Waals surface area contributed by atoms with Gasteiger partial charge in [-0.3, -0.25) is 14.7 Å². The summed E-state index contributed by atoms with van der Waals surface area (Å²) in [5, 5.41) is 14.2. The lowest BCUT2D eigenvalue weighted by Crippen LogP contribution is -2.50. The molecule has 6 nitrogen and oxygen atoms in total. The number of aliphatic hydroxyl groups is 1. The van der Waals surface area contributed by atoms with Crippen LogP contribution in [0.1, 0.15) is 26.7 Å². The van der Waals surface area contributed by atoms with E-state index in [-0.39, 0.29) is 17.0 Å². The molecule has 1 aliphatic carbocycles. The van der Waals surface area contributed by atoms with Gasteiger partial charge >= 0.3 is 0 Å². The van der Waals surface area contributed by atoms with Crippen LogP contribution in [0.3, 0.4) is 0 Å². The monoisotopic (exact) mass is 414 g/mol. The Hall–Kier alpha value is -2.25. The first-order valence-corrected chi connectivity index (χ1v) is 10.5. The number of aliphatic hydroxyl groups excluding tert-OH is 1. The Bertz CT molecular complexity index is 796. The van der Waals surface area contributed by atoms with E-state index < -0.39 is 0 Å². The fourth-order valence-corrected chi connectivity index (χ4v) is 4.00. The molecule has 3 rings (SSSR count). The minimum Gasteiger partial charge on any atom is -0.511 e. The molecule has 156 valence electrons. The predicted octanol–water partition coefficient (Wildman–Crippen LogP) is 3.27. The maximum atomic E-state index is 12.2. The highest BCUT2D eigenvalue weighted by Crippen LogP contribution is 2.35. The van der Waals surface area contributed by atoms with Crippen molar-refractivity contribution in [3.8, 4) is 0 Å². The summed E-state index contributed by atoms with van der Waals surface area (Å²) >= 11 is 5.52. The number of rotatable bonds is 5. The van der Waals surface area contributed by atoms with Gasteiger partial charge in [-0.05, 0) is 29.8 Å². The highest BCUT2D eigenvalue weighted by molar-refractivity contribution is 7.80. The largest absolute Gasteiger partial charge is 0.511 e. The van der Waals surface area contributed by atoms with Crippen molar-refractivity contribution < 1.29 is 9.90 Å². The lowest BCUT2D eigenvalue weighted by Gasteiger charge is -2.36. The molecule has 0 amide bonds. The van der Waals surface area contributed by atoms with Crippen LogP contribution in [0.15, 0.2) is 46.7 Å². The molecule has 2 N–H and O–H groups in total. The summed E-state index contributed by atoms with van der Waals surface area (Å²) < 4.78 is 0. The Morgan fingerprint density at radius 1 is 1.21 bits per heavy atom. The molecule has 0 saturated carbocycles. The van der Waals surface area contributed by atoms with Crippen molar-refractivity contribution in [2.24, 2.45) is 10.4 Å². The van der Waals surface area contributed by atoms with Crippen molar-refractivity contribution in [3.63, 3.8) is 0 Å². The fourth-order valence-electron chi connectivity index (χ4n) is 3.70. The first-order valence-electron chi connectivity index (χ1n) is 10.1. The van der Waals surface area contributed by atoms with E-state index in [1.165, 1.54) is 0 Å². The number of thiocarbonyl (C=S) groups is 1. The topological polar surface area (TPSA) is 68.2 Å². The Kier molecular flexibility index (Phi) is 7.03. The molecule has 1 aromatic rings. The zero-order valence-corrected chi connectivity index (χ0v) is 18.0. The maximum absolute atomic E-state index is 12.2. The number of Topliss-reactive ketones (excluding diaryl/α,β-unsaturated/α-hetero) is 1. The van der Waals surface area contributed by atoms with Gasteiger partial charge in [-0.2, -0.15) is 0 Å². The predicted molar refractivity (Wildman–Crippen MR) is 122 cm³/mol. The summed E-state index contributed by atoms with van der Waals surface area (Å²) in [6, 6.07) is 9.97. The smallest absolute Gasteiger partial charge is 0.173 e. The number of nitrogens with one attached hydrogen (secondary N) is 1. The number of anilines is 1. The molecule has 0 unspecified atom stereocenters. The van der Waals surface area contributed by atoms with Crippen molar-refractivity contribution in [1.29, 1.82) is 0 Å². The van der Waals surface area contributed by atoms with Crippen molar-refractivity contribution in [2.75, 3.05) is 44.6 Å². The van der Waals surface area contributed by atoms with Crippen molar-refractivity contribution >= 4 is 35.0 Å². The summed E-state index contributed by atoms with van der Waals surface area (Å²) in [6.45, 7) is 9.03. The van der Waals surface area contributed by atoms with Crippen LogP contribution in [0.5, 0.6) is 0 Å². The summed E-state index contributed by atoms with van der Waals surface area (Å²) in [5.74, 6) is 0.151. The van der Waals surface area contributed by atoms with E-state index in [2.05, 4.69) is 20.1 Å². The number of carbonyl (C=O) groups excluding carboxylic acids is 1. The first-order chi connectivity index (χ1) is 13.8. The molecule has 29 heavy (non-hydrogen) atoms. The molecule has 1 saturated heterocycles. The SMILES string of the molecule is CC1(C)CC(=O)C(C=NCCN2CCN(C(=S)Nc3ccccc3)CC2)=C(O)C1. The summed E-state index contributed by atoms with van der Waals surface area (Å²) in [5.41, 5.74) is 1.22. The molecule has 1 aliphatic heterocycles. The number of benzene rings is 1. The van der Waals surface area contributed by atoms with Crippen LogP contribution in [0, 0.1) is 5.41 Å². The molecule has 1 aromatic carbocycles. The standard InChI is InChI=1S/C22H30N4O2S/c1-22(2)14-19(27)18(20(28)15-22)16-23-8-9-25-10-12-26(13-11-25)21(29)24-17-6-4-3-5-7-17/h3-7,16,27H,8-15H2,1-2H3,(H,24,29). The summed E-state index contributed by atoms with van der Waals surface area (Å²) in [4.78, 5) is 21.1. The normalized spacial score (nSPS) is 20.3. The second-order valence-electron chi connectivity index (χ2n) is 8.46. The first kappa shape index (κ1) is 21.5. The molecule has 2 aliphatic rings. The van der Waals surface area contributed by atoms with Crippen LogP contribution >= 0.6 is 12.2 Å². The summed E-state index contributed by atoms with van der Waals surface area (Å²) in [6.07, 6.45) is 2.54. The number of para-hydroxylation sites is 1. The van der Waals surface area contributed by atoms with Crippen LogP contribution in [-0.2, 0) is 4.79 Å². The lowest BCUT2D eigenvalue weighted by molar-refractivity contribution is -0.117. The molecular weight excluding hydrogens is 384 g/mol. The van der Waals surface area contributed by atoms with E-state index in [1.54, 1.807) is 6.21 Å². The Morgan fingerprint density at radius 2 is 1.90 bits per heavy atom.